The van der Waals surface area contributed by atoms with E-state index in [9.17, 15) is 10.1 Å². The van der Waals surface area contributed by atoms with E-state index >= 15 is 0 Å². The fourth-order valence-electron chi connectivity index (χ4n) is 2.98. The second kappa shape index (κ2) is 8.41. The highest BCUT2D eigenvalue weighted by Gasteiger charge is 2.15. The quantitative estimate of drug-likeness (QED) is 0.478. The Morgan fingerprint density at radius 3 is 2.50 bits per heavy atom. The highest BCUT2D eigenvalue weighted by atomic mass is 16.5. The second-order valence-electron chi connectivity index (χ2n) is 6.80. The summed E-state index contributed by atoms with van der Waals surface area (Å²) in [5.41, 5.74) is 2.36. The number of aryl methyl sites for hydroxylation is 1. The van der Waals surface area contributed by atoms with Gasteiger partial charge in [-0.25, -0.2) is 0 Å². The van der Waals surface area contributed by atoms with Crippen LogP contribution in [0.25, 0.3) is 16.8 Å². The van der Waals surface area contributed by atoms with E-state index in [4.69, 9.17) is 4.74 Å². The van der Waals surface area contributed by atoms with Gasteiger partial charge < -0.3 is 10.1 Å². The van der Waals surface area contributed by atoms with Crippen LogP contribution in [0.5, 0.6) is 5.75 Å². The predicted molar refractivity (Wildman–Crippen MR) is 113 cm³/mol. The highest BCUT2D eigenvalue weighted by molar-refractivity contribution is 6.11. The molecule has 4 nitrogen and oxygen atoms in total. The van der Waals surface area contributed by atoms with Gasteiger partial charge in [0, 0.05) is 11.3 Å². The van der Waals surface area contributed by atoms with E-state index in [1.54, 1.807) is 6.08 Å². The third-order valence-electron chi connectivity index (χ3n) is 4.34. The molecule has 0 spiro atoms. The van der Waals surface area contributed by atoms with Crippen molar-refractivity contribution in [1.82, 2.24) is 0 Å². The first-order valence-electron chi connectivity index (χ1n) is 9.16. The topological polar surface area (TPSA) is 62.1 Å². The molecule has 1 N–H and O–H groups in total. The van der Waals surface area contributed by atoms with E-state index in [2.05, 4.69) is 5.32 Å². The standard InChI is InChI=1S/C24H22N2O2/c1-16(2)28-23-13-12-18-9-5-6-10-20(18)21(23)14-19(15-25)24(27)26-22-11-7-4-8-17(22)3/h4-14,16H,1-3H3,(H,26,27)/b19-14+. The van der Waals surface area contributed by atoms with Gasteiger partial charge in [-0.2, -0.15) is 5.26 Å². The number of para-hydroxylation sites is 1. The summed E-state index contributed by atoms with van der Waals surface area (Å²) in [7, 11) is 0. The molecule has 0 saturated carbocycles. The molecule has 0 aliphatic heterocycles. The maximum atomic E-state index is 12.7. The third kappa shape index (κ3) is 4.21. The summed E-state index contributed by atoms with van der Waals surface area (Å²) >= 11 is 0. The van der Waals surface area contributed by atoms with Crippen molar-refractivity contribution in [2.24, 2.45) is 0 Å². The van der Waals surface area contributed by atoms with Crippen molar-refractivity contribution in [2.45, 2.75) is 26.9 Å². The Morgan fingerprint density at radius 1 is 1.07 bits per heavy atom. The number of carbonyl (C=O) groups excluding carboxylic acids is 1. The van der Waals surface area contributed by atoms with E-state index in [0.29, 0.717) is 11.4 Å². The van der Waals surface area contributed by atoms with E-state index < -0.39 is 5.91 Å². The number of hydrogen-bond acceptors (Lipinski definition) is 3. The van der Waals surface area contributed by atoms with Crippen molar-refractivity contribution in [3.8, 4) is 11.8 Å². The van der Waals surface area contributed by atoms with Gasteiger partial charge >= 0.3 is 0 Å². The third-order valence-corrected chi connectivity index (χ3v) is 4.34. The Hall–Kier alpha value is -3.58. The fraction of sp³-hybridized carbons (Fsp3) is 0.167. The number of hydrogen-bond donors (Lipinski definition) is 1. The molecular weight excluding hydrogens is 348 g/mol. The summed E-state index contributed by atoms with van der Waals surface area (Å²) in [6, 6.07) is 21.2. The zero-order valence-electron chi connectivity index (χ0n) is 16.2. The van der Waals surface area contributed by atoms with Crippen molar-refractivity contribution in [2.75, 3.05) is 5.32 Å². The predicted octanol–water partition coefficient (Wildman–Crippen LogP) is 5.48. The van der Waals surface area contributed by atoms with E-state index in [1.165, 1.54) is 0 Å². The van der Waals surface area contributed by atoms with Crippen LogP contribution in [0.3, 0.4) is 0 Å². The van der Waals surface area contributed by atoms with Gasteiger partial charge in [-0.15, -0.1) is 0 Å². The van der Waals surface area contributed by atoms with Gasteiger partial charge in [-0.1, -0.05) is 48.5 Å². The Balaban J connectivity index is 2.06. The van der Waals surface area contributed by atoms with Crippen LogP contribution < -0.4 is 10.1 Å². The lowest BCUT2D eigenvalue weighted by molar-refractivity contribution is -0.112. The molecule has 0 fully saturated rings. The van der Waals surface area contributed by atoms with Gasteiger partial charge in [0.05, 0.1) is 6.10 Å². The number of benzene rings is 3. The molecule has 0 aliphatic carbocycles. The summed E-state index contributed by atoms with van der Waals surface area (Å²) in [5.74, 6) is 0.199. The molecule has 3 rings (SSSR count). The van der Waals surface area contributed by atoms with Crippen LogP contribution in [0.2, 0.25) is 0 Å². The Kier molecular flexibility index (Phi) is 5.76. The number of nitrogens with one attached hydrogen (secondary N) is 1. The normalized spacial score (nSPS) is 11.3. The molecule has 0 aromatic heterocycles. The lowest BCUT2D eigenvalue weighted by Crippen LogP contribution is -2.14. The molecule has 140 valence electrons. The van der Waals surface area contributed by atoms with Crippen molar-refractivity contribution in [3.63, 3.8) is 0 Å². The molecule has 0 unspecified atom stereocenters. The largest absolute Gasteiger partial charge is 0.490 e. The minimum Gasteiger partial charge on any atom is -0.490 e. The van der Waals surface area contributed by atoms with Gasteiger partial charge in [-0.05, 0) is 55.3 Å². The molecule has 0 saturated heterocycles. The zero-order valence-corrected chi connectivity index (χ0v) is 16.2. The first-order chi connectivity index (χ1) is 13.5. The number of amides is 1. The molecule has 4 heteroatoms. The van der Waals surface area contributed by atoms with Crippen LogP contribution in [0.1, 0.15) is 25.0 Å². The fourth-order valence-corrected chi connectivity index (χ4v) is 2.98. The number of rotatable bonds is 5. The molecule has 3 aromatic carbocycles. The van der Waals surface area contributed by atoms with Gasteiger partial charge in [0.25, 0.3) is 5.91 Å². The van der Waals surface area contributed by atoms with Gasteiger partial charge in [-0.3, -0.25) is 4.79 Å². The molecule has 0 radical (unpaired) electrons. The number of fused-ring (bicyclic) bond motifs is 1. The molecule has 28 heavy (non-hydrogen) atoms. The second-order valence-corrected chi connectivity index (χ2v) is 6.80. The summed E-state index contributed by atoms with van der Waals surface area (Å²) in [6.45, 7) is 5.79. The minimum atomic E-state index is -0.444. The number of anilines is 1. The van der Waals surface area contributed by atoms with Crippen molar-refractivity contribution >= 4 is 28.4 Å². The van der Waals surface area contributed by atoms with Crippen molar-refractivity contribution in [3.05, 3.63) is 77.4 Å². The van der Waals surface area contributed by atoms with Gasteiger partial charge in [0.2, 0.25) is 0 Å². The Morgan fingerprint density at radius 2 is 1.79 bits per heavy atom. The maximum Gasteiger partial charge on any atom is 0.266 e. The lowest BCUT2D eigenvalue weighted by Gasteiger charge is -2.15. The SMILES string of the molecule is Cc1ccccc1NC(=O)/C(C#N)=C/c1c(OC(C)C)ccc2ccccc12. The van der Waals surface area contributed by atoms with Crippen LogP contribution in [0.4, 0.5) is 5.69 Å². The van der Waals surface area contributed by atoms with Crippen LogP contribution in [0, 0.1) is 18.3 Å². The molecule has 0 aliphatic rings. The summed E-state index contributed by atoms with van der Waals surface area (Å²) in [5, 5.41) is 14.4. The first-order valence-corrected chi connectivity index (χ1v) is 9.16. The molecular formula is C24H22N2O2. The van der Waals surface area contributed by atoms with E-state index in [-0.39, 0.29) is 11.7 Å². The number of carbonyl (C=O) groups is 1. The maximum absolute atomic E-state index is 12.7. The van der Waals surface area contributed by atoms with E-state index in [0.717, 1.165) is 21.9 Å². The van der Waals surface area contributed by atoms with Crippen LogP contribution in [-0.2, 0) is 4.79 Å². The molecule has 0 atom stereocenters. The minimum absolute atomic E-state index is 0.0215. The monoisotopic (exact) mass is 370 g/mol. The van der Waals surface area contributed by atoms with Gasteiger partial charge in [0.15, 0.2) is 0 Å². The summed E-state index contributed by atoms with van der Waals surface area (Å²) < 4.78 is 5.93. The average Bonchev–Trinajstić information content (AvgIpc) is 2.68. The van der Waals surface area contributed by atoms with Crippen LogP contribution in [0.15, 0.2) is 66.2 Å². The Labute approximate surface area is 165 Å². The molecule has 1 amide bonds. The lowest BCUT2D eigenvalue weighted by atomic mass is 10.0. The summed E-state index contributed by atoms with van der Waals surface area (Å²) in [4.78, 5) is 12.7. The van der Waals surface area contributed by atoms with E-state index in [1.807, 2.05) is 87.5 Å². The average molecular weight is 370 g/mol. The number of ether oxygens (including phenoxy) is 1. The molecule has 0 heterocycles. The highest BCUT2D eigenvalue weighted by Crippen LogP contribution is 2.31. The number of nitriles is 1. The number of nitrogens with zero attached hydrogens (tertiary/aromatic N) is 1. The molecule has 3 aromatic rings. The van der Waals surface area contributed by atoms with Crippen molar-refractivity contribution < 1.29 is 9.53 Å². The van der Waals surface area contributed by atoms with Crippen molar-refractivity contribution in [1.29, 1.82) is 5.26 Å². The summed E-state index contributed by atoms with van der Waals surface area (Å²) in [6.07, 6.45) is 1.58. The zero-order chi connectivity index (χ0) is 20.1. The smallest absolute Gasteiger partial charge is 0.266 e. The molecule has 0 bridgehead atoms. The van der Waals surface area contributed by atoms with Crippen LogP contribution >= 0.6 is 0 Å². The Bertz CT molecular complexity index is 1090. The van der Waals surface area contributed by atoms with Crippen LogP contribution in [-0.4, -0.2) is 12.0 Å². The first kappa shape index (κ1) is 19.2. The van der Waals surface area contributed by atoms with Gasteiger partial charge in [0.1, 0.15) is 17.4 Å².